The molecule has 40 heteroatoms. The lowest BCUT2D eigenvalue weighted by Gasteiger charge is -2.11. The summed E-state index contributed by atoms with van der Waals surface area (Å²) >= 11 is 0. The first-order chi connectivity index (χ1) is 72.3. The molecule has 20 rings (SSSR count). The molecule has 20 aromatic rings. The number of rotatable bonds is 24. The van der Waals surface area contributed by atoms with Crippen LogP contribution in [-0.4, -0.2) is 139 Å². The van der Waals surface area contributed by atoms with E-state index in [0.29, 0.717) is 94.8 Å². The summed E-state index contributed by atoms with van der Waals surface area (Å²) in [5.74, 6) is -2.48. The number of ether oxygens (including phenoxy) is 2. The molecule has 0 aliphatic rings. The summed E-state index contributed by atoms with van der Waals surface area (Å²) in [5, 5.41) is 121. The van der Waals surface area contributed by atoms with Crippen LogP contribution in [0.25, 0.3) is 76.1 Å². The molecule has 724 valence electrons. The second kappa shape index (κ2) is 45.6. The zero-order valence-corrected chi connectivity index (χ0v) is 78.1. The molecule has 0 unspecified atom stereocenters. The molecule has 9 N–H and O–H groups in total. The molecule has 0 radical (unpaired) electrons. The van der Waals surface area contributed by atoms with Gasteiger partial charge in [0.2, 0.25) is 0 Å². The van der Waals surface area contributed by atoms with Crippen LogP contribution in [0, 0.1) is 13.1 Å². The van der Waals surface area contributed by atoms with Crippen LogP contribution in [0.4, 0.5) is 80.3 Å². The van der Waals surface area contributed by atoms with E-state index < -0.39 is 41.3 Å². The van der Waals surface area contributed by atoms with Gasteiger partial charge in [0, 0.05) is 69.6 Å². The van der Waals surface area contributed by atoms with E-state index in [1.807, 2.05) is 54.6 Å². The van der Waals surface area contributed by atoms with Crippen LogP contribution in [-0.2, 0) is 22.5 Å². The number of aryl methyl sites for hydroxylation is 1. The smallest absolute Gasteiger partial charge is 0.343 e. The number of amides is 4. The van der Waals surface area contributed by atoms with Crippen LogP contribution < -0.4 is 21.3 Å². The Morgan fingerprint density at radius 1 is 0.318 bits per heavy atom. The number of esters is 2. The number of aromatic hydroxyl groups is 4. The number of aromatic nitrogens is 13. The highest BCUT2D eigenvalue weighted by atomic mass is 16.5. The van der Waals surface area contributed by atoms with Crippen molar-refractivity contribution in [2.75, 3.05) is 35.5 Å². The minimum Gasteiger partial charge on any atom is -0.505 e. The number of aliphatic hydroxyl groups excluding tert-OH is 1. The third-order valence-electron chi connectivity index (χ3n) is 22.3. The van der Waals surface area contributed by atoms with E-state index in [2.05, 4.69) is 124 Å². The van der Waals surface area contributed by atoms with E-state index in [1.54, 1.807) is 268 Å². The number of nitrogens with one attached hydrogen (secondary N) is 4. The number of nitrogens with zero attached hydrogens (tertiary/aromatic N) is 23. The maximum Gasteiger partial charge on any atom is 0.343 e. The van der Waals surface area contributed by atoms with Crippen LogP contribution in [0.2, 0.25) is 0 Å². The maximum atomic E-state index is 13.2. The molecule has 9 heterocycles. The number of benzene rings is 11. The molecule has 4 amide bonds. The molecular weight excluding hydrogens is 1880 g/mol. The number of anilines is 4. The van der Waals surface area contributed by atoms with Crippen LogP contribution in [0.3, 0.4) is 0 Å². The Morgan fingerprint density at radius 3 is 0.905 bits per heavy atom. The lowest BCUT2D eigenvalue weighted by Crippen LogP contribution is -2.13. The molecule has 0 saturated heterocycles. The molecule has 0 aliphatic carbocycles. The number of aliphatic hydroxyl groups is 1. The maximum absolute atomic E-state index is 13.2. The minimum absolute atomic E-state index is 0.00643. The number of hydrogen-bond acceptors (Lipinski definition) is 30. The number of phenolic OH excluding ortho intramolecular Hbond substituents is 4. The Labute approximate surface area is 839 Å². The number of carbonyl (C=O) groups excluding carboxylic acids is 6. The first kappa shape index (κ1) is 98.0. The predicted molar refractivity (Wildman–Crippen MR) is 550 cm³/mol. The molecule has 11 aromatic carbocycles. The lowest BCUT2D eigenvalue weighted by atomic mass is 10.0. The largest absolute Gasteiger partial charge is 0.505 e. The van der Waals surface area contributed by atoms with Crippen molar-refractivity contribution in [1.82, 2.24) is 64.0 Å². The van der Waals surface area contributed by atoms with Gasteiger partial charge in [-0.25, -0.2) is 53.6 Å². The highest BCUT2D eigenvalue weighted by Crippen LogP contribution is 2.47. The third-order valence-corrected chi connectivity index (χ3v) is 22.3. The van der Waals surface area contributed by atoms with Gasteiger partial charge in [-0.1, -0.05) is 177 Å². The summed E-state index contributed by atoms with van der Waals surface area (Å²) in [4.78, 5) is 105. The van der Waals surface area contributed by atoms with Gasteiger partial charge in [-0.05, 0) is 160 Å². The van der Waals surface area contributed by atoms with Crippen molar-refractivity contribution >= 4 is 159 Å². The molecule has 40 nitrogen and oxygen atoms in total. The Hall–Kier alpha value is -21.6. The summed E-state index contributed by atoms with van der Waals surface area (Å²) in [5.41, 5.74) is 4.25. The van der Waals surface area contributed by atoms with Crippen LogP contribution in [0.5, 0.6) is 23.0 Å². The summed E-state index contributed by atoms with van der Waals surface area (Å²) in [7, 11) is 2.48. The lowest BCUT2D eigenvalue weighted by molar-refractivity contribution is 0.0592. The summed E-state index contributed by atoms with van der Waals surface area (Å²) in [6, 6.07) is 84.0. The number of hydrogen-bond donors (Lipinski definition) is 9. The van der Waals surface area contributed by atoms with Crippen LogP contribution in [0.15, 0.2) is 388 Å². The Kier molecular flexibility index (Phi) is 30.2. The van der Waals surface area contributed by atoms with Gasteiger partial charge in [-0.15, -0.1) is 40.9 Å². The molecule has 9 aromatic heterocycles. The molecule has 0 saturated carbocycles. The van der Waals surface area contributed by atoms with Crippen LogP contribution in [0.1, 0.15) is 80.2 Å². The number of carbonyl (C=O) groups is 6. The average molecular weight is 1960 g/mol. The number of azo groups is 4. The van der Waals surface area contributed by atoms with Gasteiger partial charge in [0.05, 0.1) is 81.0 Å². The van der Waals surface area contributed by atoms with Gasteiger partial charge >= 0.3 is 11.9 Å². The van der Waals surface area contributed by atoms with E-state index in [0.717, 1.165) is 12.0 Å². The molecular formula is C108H79N27O13. The Balaban J connectivity index is 0.000000135. The van der Waals surface area contributed by atoms with E-state index >= 15 is 0 Å². The van der Waals surface area contributed by atoms with Gasteiger partial charge in [0.15, 0.2) is 69.5 Å². The first-order valence-electron chi connectivity index (χ1n) is 44.9. The fraction of sp³-hybridized carbons (Fsp3) is 0.0463. The SMILES string of the molecule is COC(=O)c1cnn(-c2ccccn2)c1N=Nc1c(O)c(C(=O)Nc2ccc(CO)cc2)cc2ccccc12.COC(=O)c1cnn(-c2ccccn2)c1N=Nc1c(O)c(C(=O)Nc2ccccc2)cc2ccccc12.[C-]#[N+]c1cnn(-c2ccccn2)c1N=Nc1c(O)c(C(=O)Nc2ccc(CC)cc2)cc2ccccc12.[C-]#[N+]c1cnn(-c2ccccn2)c1N=Nc1c(O)c(C(=O)Nc2ccccn2)cc2ccccc12. The van der Waals surface area contributed by atoms with Gasteiger partial charge in [-0.3, -0.25) is 19.2 Å². The standard InChI is InChI=1S/C28H21N7O2.C28H22N6O5.C27H20N6O4.C25H16N8O2/c1-3-18-11-13-20(14-12-18)32-28(37)22-16-19-8-4-5-9-21(19)25(26(22)36)33-34-27-23(29-2)17-31-35(27)24-10-6-7-15-30-24;1-39-28(38)22-15-30-34(23-8-4-5-13-29-23)26(22)33-32-24-20-7-3-2-6-18(20)14-21(25(24)36)27(37)31-19-11-9-17(16-35)10-12-19;1-37-27(36)21-16-29-33(22-13-7-8-14-28-22)25(21)32-31-23-19-12-6-5-9-17(19)15-20(24(23)34)26(35)30-18-10-3-2-4-11-18;1-26-19-15-29-33(21-11-5-7-13-28-21)24(19)32-31-22-17-9-3-2-8-16(17)14-18(23(22)34)25(35)30-20-10-4-6-12-27-20/h4-17,36H,3H2,1H3,(H,32,37);2-15,35-36H,16H2,1H3,(H,31,37);2-16,34H,1H3,(H,30,35);2-15,34H,(H,27,30,35). The Bertz CT molecular complexity index is 8600. The van der Waals surface area contributed by atoms with E-state index in [9.17, 15) is 54.3 Å². The molecule has 148 heavy (non-hydrogen) atoms. The van der Waals surface area contributed by atoms with Crippen molar-refractivity contribution in [1.29, 1.82) is 0 Å². The number of pyridine rings is 5. The van der Waals surface area contributed by atoms with Crippen molar-refractivity contribution in [3.8, 4) is 46.3 Å². The van der Waals surface area contributed by atoms with Crippen molar-refractivity contribution in [3.05, 3.63) is 414 Å². The highest BCUT2D eigenvalue weighted by Gasteiger charge is 2.29. The normalized spacial score (nSPS) is 11.0. The average Bonchev–Trinajstić information content (AvgIpc) is 0.812. The van der Waals surface area contributed by atoms with E-state index in [1.165, 1.54) is 57.7 Å². The summed E-state index contributed by atoms with van der Waals surface area (Å²) < 4.78 is 15.2. The fourth-order valence-electron chi connectivity index (χ4n) is 15.0. The summed E-state index contributed by atoms with van der Waals surface area (Å²) in [6.45, 7) is 16.9. The van der Waals surface area contributed by atoms with Gasteiger partial charge in [0.25, 0.3) is 35.0 Å². The number of phenols is 4. The third kappa shape index (κ3) is 21.9. The molecule has 0 fully saturated rings. The number of para-hydroxylation sites is 1. The predicted octanol–water partition coefficient (Wildman–Crippen LogP) is 23.3. The zero-order valence-electron chi connectivity index (χ0n) is 78.1. The quantitative estimate of drug-likeness (QED) is 0.0154. The fourth-order valence-corrected chi connectivity index (χ4v) is 15.0. The monoisotopic (exact) mass is 1960 g/mol. The molecule has 0 atom stereocenters. The second-order valence-corrected chi connectivity index (χ2v) is 31.5. The number of fused-ring (bicyclic) bond motifs is 4. The van der Waals surface area contributed by atoms with Gasteiger partial charge < -0.3 is 56.3 Å². The number of methoxy groups -OCH3 is 2. The van der Waals surface area contributed by atoms with E-state index in [4.69, 9.17) is 22.6 Å². The van der Waals surface area contributed by atoms with Gasteiger partial charge in [0.1, 0.15) is 39.7 Å². The minimum atomic E-state index is -0.680. The Morgan fingerprint density at radius 2 is 0.601 bits per heavy atom. The first-order valence-corrected chi connectivity index (χ1v) is 44.9. The van der Waals surface area contributed by atoms with Crippen molar-refractivity contribution in [2.45, 2.75) is 20.0 Å². The second-order valence-electron chi connectivity index (χ2n) is 31.5. The molecule has 0 bridgehead atoms. The van der Waals surface area contributed by atoms with E-state index in [-0.39, 0.29) is 115 Å². The summed E-state index contributed by atoms with van der Waals surface area (Å²) in [6.07, 6.45) is 14.1. The van der Waals surface area contributed by atoms with Crippen molar-refractivity contribution in [2.24, 2.45) is 40.9 Å². The van der Waals surface area contributed by atoms with Crippen molar-refractivity contribution in [3.63, 3.8) is 0 Å². The highest BCUT2D eigenvalue weighted by molar-refractivity contribution is 6.15. The van der Waals surface area contributed by atoms with Gasteiger partial charge in [-0.2, -0.15) is 29.8 Å². The van der Waals surface area contributed by atoms with Crippen LogP contribution >= 0.6 is 0 Å². The topological polar surface area (TPSA) is 513 Å². The molecule has 0 spiro atoms. The van der Waals surface area contributed by atoms with Crippen molar-refractivity contribution < 1.29 is 63.8 Å². The molecule has 0 aliphatic heterocycles. The zero-order chi connectivity index (χ0) is 103.